The quantitative estimate of drug-likeness (QED) is 0.318. The van der Waals surface area contributed by atoms with E-state index in [2.05, 4.69) is 46.3 Å². The molecule has 0 amide bonds. The fourth-order valence-corrected chi connectivity index (χ4v) is 3.13. The number of hydrogen-bond acceptors (Lipinski definition) is 0. The summed E-state index contributed by atoms with van der Waals surface area (Å²) in [5, 5.41) is 0. The Bertz CT molecular complexity index is 195. The zero-order valence-electron chi connectivity index (χ0n) is 10.5. The molecule has 0 heterocycles. The lowest BCUT2D eigenvalue weighted by molar-refractivity contribution is 0.612. The normalized spacial score (nSPS) is 10.9. The van der Waals surface area contributed by atoms with Crippen LogP contribution in [0.25, 0.3) is 0 Å². The number of unbranched alkanes of at least 4 members (excludes halogenated alkanes) is 6. The Morgan fingerprint density at radius 1 is 0.867 bits per heavy atom. The van der Waals surface area contributed by atoms with Gasteiger partial charge in [0.1, 0.15) is 0 Å². The van der Waals surface area contributed by atoms with Gasteiger partial charge in [0.2, 0.25) is 0 Å². The first kappa shape index (κ1) is 15.3. The van der Waals surface area contributed by atoms with Crippen LogP contribution in [0.1, 0.15) is 44.9 Å². The van der Waals surface area contributed by atoms with Crippen LogP contribution in [0.15, 0.2) is 0 Å². The highest BCUT2D eigenvalue weighted by Gasteiger charge is 2.11. The van der Waals surface area contributed by atoms with Crippen molar-refractivity contribution in [1.82, 2.24) is 0 Å². The first-order valence-corrected chi connectivity index (χ1v) is 10.6. The van der Waals surface area contributed by atoms with Gasteiger partial charge in [-0.05, 0) is 11.3 Å². The molecule has 0 spiro atoms. The Morgan fingerprint density at radius 3 is 1.93 bits per heavy atom. The monoisotopic (exact) mass is 288 g/mol. The van der Waals surface area contributed by atoms with Crippen LogP contribution in [-0.4, -0.2) is 8.07 Å². The molecule has 0 aromatic heterocycles. The Kier molecular flexibility index (Phi) is 9.64. The average molecular weight is 289 g/mol. The van der Waals surface area contributed by atoms with Gasteiger partial charge >= 0.3 is 0 Å². The van der Waals surface area contributed by atoms with E-state index in [1.54, 1.807) is 0 Å². The summed E-state index contributed by atoms with van der Waals surface area (Å²) in [7, 11) is -0.767. The Hall–Kier alpha value is 0.257. The lowest BCUT2D eigenvalue weighted by atomic mass is 10.1. The third-order valence-electron chi connectivity index (χ3n) is 2.55. The van der Waals surface area contributed by atoms with Gasteiger partial charge in [-0.15, -0.1) is 0 Å². The van der Waals surface area contributed by atoms with Crippen molar-refractivity contribution in [1.29, 1.82) is 0 Å². The Morgan fingerprint density at radius 2 is 1.40 bits per heavy atom. The lowest BCUT2D eigenvalue weighted by Crippen LogP contribution is -2.18. The van der Waals surface area contributed by atoms with E-state index in [-0.39, 0.29) is 0 Å². The minimum Gasteiger partial charge on any atom is -0.0908 e. The molecule has 0 saturated heterocycles. The highest BCUT2D eigenvalue weighted by Crippen LogP contribution is 2.15. The predicted octanol–water partition coefficient (Wildman–Crippen LogP) is 5.41. The molecular formula is C13H25BrSi. The van der Waals surface area contributed by atoms with Gasteiger partial charge < -0.3 is 0 Å². The fourth-order valence-electron chi connectivity index (χ4n) is 1.62. The van der Waals surface area contributed by atoms with Gasteiger partial charge in [0.05, 0.1) is 0 Å². The first-order chi connectivity index (χ1) is 7.06. The summed E-state index contributed by atoms with van der Waals surface area (Å²) < 4.78 is 0. The molecule has 0 aliphatic rings. The smallest absolute Gasteiger partial charge is 0.0442 e. The highest BCUT2D eigenvalue weighted by atomic mass is 79.9. The van der Waals surface area contributed by atoms with Gasteiger partial charge in [0.15, 0.2) is 0 Å². The van der Waals surface area contributed by atoms with Gasteiger partial charge in [0.25, 0.3) is 0 Å². The van der Waals surface area contributed by atoms with Crippen LogP contribution in [0, 0.1) is 10.8 Å². The maximum absolute atomic E-state index is 3.11. The third kappa shape index (κ3) is 14.3. The molecule has 0 N–H and O–H groups in total. The van der Waals surface area contributed by atoms with Crippen molar-refractivity contribution < 1.29 is 0 Å². The van der Waals surface area contributed by atoms with Crippen molar-refractivity contribution in [3.63, 3.8) is 0 Å². The Labute approximate surface area is 105 Å². The van der Waals surface area contributed by atoms with E-state index < -0.39 is 8.07 Å². The highest BCUT2D eigenvalue weighted by molar-refractivity contribution is 9.12. The summed E-state index contributed by atoms with van der Waals surface area (Å²) in [5.41, 5.74) is 0. The van der Waals surface area contributed by atoms with Crippen molar-refractivity contribution in [2.75, 3.05) is 0 Å². The third-order valence-corrected chi connectivity index (χ3v) is 4.68. The molecule has 0 radical (unpaired) electrons. The van der Waals surface area contributed by atoms with E-state index in [1.807, 2.05) is 0 Å². The second-order valence-corrected chi connectivity index (χ2v) is 11.5. The zero-order valence-corrected chi connectivity index (χ0v) is 13.1. The molecule has 0 unspecified atom stereocenters. The summed E-state index contributed by atoms with van der Waals surface area (Å²) in [6.07, 6.45) is 9.40. The molecule has 0 saturated carbocycles. The van der Waals surface area contributed by atoms with Gasteiger partial charge in [-0.1, -0.05) is 63.7 Å². The molecule has 0 aliphatic carbocycles. The molecule has 0 aromatic carbocycles. The number of halogens is 1. The molecule has 0 rings (SSSR count). The molecule has 15 heavy (non-hydrogen) atoms. The van der Waals surface area contributed by atoms with Crippen molar-refractivity contribution in [3.8, 4) is 10.8 Å². The molecule has 0 bridgehead atoms. The van der Waals surface area contributed by atoms with Crippen LogP contribution >= 0.6 is 15.9 Å². The maximum atomic E-state index is 3.11. The van der Waals surface area contributed by atoms with Gasteiger partial charge in [-0.3, -0.25) is 0 Å². The number of rotatable bonds is 8. The topological polar surface area (TPSA) is 0 Å². The molecule has 0 aromatic rings. The fraction of sp³-hybridized carbons (Fsp3) is 0.846. The summed E-state index contributed by atoms with van der Waals surface area (Å²) >= 11 is 3.11. The van der Waals surface area contributed by atoms with E-state index in [9.17, 15) is 0 Å². The van der Waals surface area contributed by atoms with Crippen LogP contribution in [0.4, 0.5) is 0 Å². The van der Waals surface area contributed by atoms with Crippen LogP contribution in [-0.2, 0) is 0 Å². The molecule has 0 fully saturated rings. The first-order valence-electron chi connectivity index (χ1n) is 6.15. The number of hydrogen-bond donors (Lipinski definition) is 0. The van der Waals surface area contributed by atoms with Gasteiger partial charge in [-0.25, -0.2) is 0 Å². The maximum Gasteiger partial charge on any atom is 0.0442 e. The Balaban J connectivity index is 3.08. The molecule has 2 heteroatoms. The summed E-state index contributed by atoms with van der Waals surface area (Å²) in [4.78, 5) is 2.76. The largest absolute Gasteiger partial charge is 0.0908 e. The predicted molar refractivity (Wildman–Crippen MR) is 77.2 cm³/mol. The van der Waals surface area contributed by atoms with E-state index in [0.29, 0.717) is 0 Å². The van der Waals surface area contributed by atoms with Crippen molar-refractivity contribution in [3.05, 3.63) is 0 Å². The van der Waals surface area contributed by atoms with E-state index in [0.717, 1.165) is 6.42 Å². The van der Waals surface area contributed by atoms with Gasteiger partial charge in [-0.2, -0.15) is 0 Å². The van der Waals surface area contributed by atoms with Gasteiger partial charge in [0, 0.05) is 30.4 Å². The standard InChI is InChI=1S/C13H25BrSi/c1-15(2,3)13-11-9-7-5-4-6-8-10-12-14/h4-9,11,13H2,1-3H3. The van der Waals surface area contributed by atoms with Crippen molar-refractivity contribution in [2.24, 2.45) is 0 Å². The van der Waals surface area contributed by atoms with Crippen molar-refractivity contribution in [2.45, 2.75) is 70.6 Å². The van der Waals surface area contributed by atoms with Crippen LogP contribution in [0.5, 0.6) is 0 Å². The van der Waals surface area contributed by atoms with Crippen LogP contribution < -0.4 is 0 Å². The van der Waals surface area contributed by atoms with Crippen molar-refractivity contribution >= 4 is 24.0 Å². The molecule has 0 atom stereocenters. The minimum absolute atomic E-state index is 0.767. The second kappa shape index (κ2) is 9.48. The van der Waals surface area contributed by atoms with E-state index in [1.165, 1.54) is 44.6 Å². The zero-order chi connectivity index (χ0) is 11.6. The second-order valence-electron chi connectivity index (χ2n) is 5.45. The average Bonchev–Trinajstić information content (AvgIpc) is 2.14. The minimum atomic E-state index is -0.767. The summed E-state index contributed by atoms with van der Waals surface area (Å²) in [6.45, 7) is 7.39. The SMILES string of the molecule is C[Si](C)(C)CCCCCCCCC#CBr. The summed E-state index contributed by atoms with van der Waals surface area (Å²) in [6, 6.07) is 1.50. The molecule has 0 aliphatic heterocycles. The van der Waals surface area contributed by atoms with E-state index in [4.69, 9.17) is 0 Å². The molecule has 88 valence electrons. The molecule has 0 nitrogen and oxygen atoms in total. The van der Waals surface area contributed by atoms with E-state index >= 15 is 0 Å². The molecular weight excluding hydrogens is 264 g/mol. The summed E-state index contributed by atoms with van der Waals surface area (Å²) in [5.74, 6) is 3.04. The lowest BCUT2D eigenvalue weighted by Gasteiger charge is -2.14. The van der Waals surface area contributed by atoms with Crippen LogP contribution in [0.3, 0.4) is 0 Å². The van der Waals surface area contributed by atoms with Crippen LogP contribution in [0.2, 0.25) is 25.7 Å².